The zero-order valence-corrected chi connectivity index (χ0v) is 15.6. The molecule has 4 atom stereocenters. The van der Waals surface area contributed by atoms with Crippen LogP contribution in [0.2, 0.25) is 0 Å². The number of carbonyl (C=O) groups is 2. The van der Waals surface area contributed by atoms with E-state index in [0.717, 1.165) is 0 Å². The van der Waals surface area contributed by atoms with Gasteiger partial charge in [0, 0.05) is 6.42 Å². The van der Waals surface area contributed by atoms with Crippen molar-refractivity contribution >= 4 is 11.9 Å². The number of esters is 2. The molecule has 0 saturated carbocycles. The number of carbonyl (C=O) groups excluding carboxylic acids is 2. The lowest BCUT2D eigenvalue weighted by Crippen LogP contribution is -2.51. The van der Waals surface area contributed by atoms with Gasteiger partial charge in [-0.05, 0) is 25.7 Å². The summed E-state index contributed by atoms with van der Waals surface area (Å²) in [6.45, 7) is 7.41. The zero-order chi connectivity index (χ0) is 19.0. The third-order valence-electron chi connectivity index (χ3n) is 4.81. The SMILES string of the molecule is CCC(CC)C(=O)OC[C@H]1OC(OC(=O)C(CC)CC)C[C@@H](O)[C@@H]1O. The van der Waals surface area contributed by atoms with Gasteiger partial charge in [-0.2, -0.15) is 0 Å². The predicted molar refractivity (Wildman–Crippen MR) is 90.5 cm³/mol. The standard InChI is InChI=1S/C18H32O7/c1-5-11(6-2)17(21)23-10-14-16(20)13(19)9-15(24-14)25-18(22)12(7-3)8-4/h11-16,19-20H,5-10H2,1-4H3/t13-,14-,15?,16+/m1/s1. The van der Waals surface area contributed by atoms with Gasteiger partial charge in [0.25, 0.3) is 0 Å². The molecule has 7 nitrogen and oxygen atoms in total. The Bertz CT molecular complexity index is 418. The average molecular weight is 360 g/mol. The van der Waals surface area contributed by atoms with Gasteiger partial charge in [-0.1, -0.05) is 27.7 Å². The molecule has 1 fully saturated rings. The summed E-state index contributed by atoms with van der Waals surface area (Å²) in [5.74, 6) is -1.16. The highest BCUT2D eigenvalue weighted by Gasteiger charge is 2.39. The van der Waals surface area contributed by atoms with Gasteiger partial charge in [-0.3, -0.25) is 9.59 Å². The van der Waals surface area contributed by atoms with E-state index < -0.39 is 24.6 Å². The van der Waals surface area contributed by atoms with Crippen molar-refractivity contribution in [3.8, 4) is 0 Å². The van der Waals surface area contributed by atoms with Crippen LogP contribution in [0.1, 0.15) is 59.8 Å². The summed E-state index contributed by atoms with van der Waals surface area (Å²) in [6, 6.07) is 0. The lowest BCUT2D eigenvalue weighted by molar-refractivity contribution is -0.255. The van der Waals surface area contributed by atoms with Crippen molar-refractivity contribution in [2.24, 2.45) is 11.8 Å². The second-order valence-electron chi connectivity index (χ2n) is 6.49. The molecular formula is C18H32O7. The molecule has 25 heavy (non-hydrogen) atoms. The van der Waals surface area contributed by atoms with E-state index in [-0.39, 0.29) is 36.8 Å². The van der Waals surface area contributed by atoms with Gasteiger partial charge in [0.15, 0.2) is 0 Å². The second-order valence-corrected chi connectivity index (χ2v) is 6.49. The first kappa shape index (κ1) is 21.9. The molecule has 2 N–H and O–H groups in total. The molecular weight excluding hydrogens is 328 g/mol. The Morgan fingerprint density at radius 1 is 1.00 bits per heavy atom. The maximum atomic E-state index is 12.1. The Labute approximate surface area is 149 Å². The number of hydrogen-bond acceptors (Lipinski definition) is 7. The van der Waals surface area contributed by atoms with E-state index in [1.54, 1.807) is 0 Å². The van der Waals surface area contributed by atoms with Crippen LogP contribution in [0.15, 0.2) is 0 Å². The highest BCUT2D eigenvalue weighted by atomic mass is 16.7. The maximum Gasteiger partial charge on any atom is 0.311 e. The van der Waals surface area contributed by atoms with E-state index in [2.05, 4.69) is 0 Å². The van der Waals surface area contributed by atoms with Gasteiger partial charge in [-0.25, -0.2) is 0 Å². The Morgan fingerprint density at radius 3 is 2.04 bits per heavy atom. The highest BCUT2D eigenvalue weighted by Crippen LogP contribution is 2.24. The Kier molecular flexibility index (Phi) is 9.38. The molecule has 0 aromatic carbocycles. The van der Waals surface area contributed by atoms with Crippen molar-refractivity contribution in [2.75, 3.05) is 6.61 Å². The minimum atomic E-state index is -1.20. The third-order valence-corrected chi connectivity index (χ3v) is 4.81. The number of hydrogen-bond donors (Lipinski definition) is 2. The smallest absolute Gasteiger partial charge is 0.311 e. The Morgan fingerprint density at radius 2 is 1.52 bits per heavy atom. The molecule has 1 heterocycles. The molecule has 0 spiro atoms. The highest BCUT2D eigenvalue weighted by molar-refractivity contribution is 5.72. The monoisotopic (exact) mass is 360 g/mol. The normalized spacial score (nSPS) is 26.7. The van der Waals surface area contributed by atoms with Gasteiger partial charge < -0.3 is 24.4 Å². The molecule has 1 saturated heterocycles. The molecule has 0 bridgehead atoms. The van der Waals surface area contributed by atoms with Gasteiger partial charge in [-0.15, -0.1) is 0 Å². The summed E-state index contributed by atoms with van der Waals surface area (Å²) >= 11 is 0. The Hall–Kier alpha value is -1.18. The van der Waals surface area contributed by atoms with Crippen molar-refractivity contribution in [1.82, 2.24) is 0 Å². The molecule has 0 aromatic rings. The van der Waals surface area contributed by atoms with Gasteiger partial charge in [0.1, 0.15) is 18.8 Å². The largest absolute Gasteiger partial charge is 0.463 e. The molecule has 0 amide bonds. The number of aliphatic hydroxyl groups excluding tert-OH is 2. The molecule has 7 heteroatoms. The molecule has 1 aliphatic heterocycles. The van der Waals surface area contributed by atoms with Crippen LogP contribution >= 0.6 is 0 Å². The van der Waals surface area contributed by atoms with Crippen molar-refractivity contribution in [3.05, 3.63) is 0 Å². The first-order valence-corrected chi connectivity index (χ1v) is 9.26. The van der Waals surface area contributed by atoms with Crippen LogP contribution in [0, 0.1) is 11.8 Å². The minimum Gasteiger partial charge on any atom is -0.463 e. The summed E-state index contributed by atoms with van der Waals surface area (Å²) in [5.41, 5.74) is 0. The predicted octanol–water partition coefficient (Wildman–Crippen LogP) is 1.78. The van der Waals surface area contributed by atoms with Crippen LogP contribution in [-0.4, -0.2) is 53.4 Å². The summed E-state index contributed by atoms with van der Waals surface area (Å²) in [6.07, 6.45) is -1.55. The first-order valence-electron chi connectivity index (χ1n) is 9.26. The van der Waals surface area contributed by atoms with E-state index in [1.165, 1.54) is 0 Å². The topological polar surface area (TPSA) is 102 Å². The molecule has 1 unspecified atom stereocenters. The fraction of sp³-hybridized carbons (Fsp3) is 0.889. The molecule has 1 rings (SSSR count). The van der Waals surface area contributed by atoms with E-state index >= 15 is 0 Å². The van der Waals surface area contributed by atoms with Crippen LogP contribution < -0.4 is 0 Å². The minimum absolute atomic E-state index is 0.00987. The van der Waals surface area contributed by atoms with E-state index in [1.807, 2.05) is 27.7 Å². The summed E-state index contributed by atoms with van der Waals surface area (Å²) in [7, 11) is 0. The fourth-order valence-electron chi connectivity index (χ4n) is 2.88. The number of rotatable bonds is 9. The van der Waals surface area contributed by atoms with Crippen molar-refractivity contribution in [3.63, 3.8) is 0 Å². The fourth-order valence-corrected chi connectivity index (χ4v) is 2.88. The van der Waals surface area contributed by atoms with E-state index in [4.69, 9.17) is 14.2 Å². The third kappa shape index (κ3) is 6.24. The van der Waals surface area contributed by atoms with Crippen LogP contribution in [0.25, 0.3) is 0 Å². The van der Waals surface area contributed by atoms with Crippen molar-refractivity contribution in [2.45, 2.75) is 84.4 Å². The molecule has 146 valence electrons. The lowest BCUT2D eigenvalue weighted by atomic mass is 10.0. The molecule has 0 aliphatic carbocycles. The van der Waals surface area contributed by atoms with Crippen LogP contribution in [0.3, 0.4) is 0 Å². The summed E-state index contributed by atoms with van der Waals surface area (Å²) < 4.78 is 16.1. The number of aliphatic hydroxyl groups is 2. The lowest BCUT2D eigenvalue weighted by Gasteiger charge is -2.36. The van der Waals surface area contributed by atoms with Crippen LogP contribution in [0.4, 0.5) is 0 Å². The van der Waals surface area contributed by atoms with Crippen LogP contribution in [-0.2, 0) is 23.8 Å². The van der Waals surface area contributed by atoms with Gasteiger partial charge in [0.05, 0.1) is 17.9 Å². The van der Waals surface area contributed by atoms with E-state index in [0.29, 0.717) is 25.7 Å². The summed E-state index contributed by atoms with van der Waals surface area (Å²) in [4.78, 5) is 24.0. The average Bonchev–Trinajstić information content (AvgIpc) is 2.58. The molecule has 0 aromatic heterocycles. The van der Waals surface area contributed by atoms with Gasteiger partial charge >= 0.3 is 11.9 Å². The van der Waals surface area contributed by atoms with Crippen LogP contribution in [0.5, 0.6) is 0 Å². The molecule has 1 aliphatic rings. The van der Waals surface area contributed by atoms with E-state index in [9.17, 15) is 19.8 Å². The molecule has 0 radical (unpaired) electrons. The number of ether oxygens (including phenoxy) is 3. The van der Waals surface area contributed by atoms with Gasteiger partial charge in [0.2, 0.25) is 6.29 Å². The zero-order valence-electron chi connectivity index (χ0n) is 15.6. The Balaban J connectivity index is 2.61. The quantitative estimate of drug-likeness (QED) is 0.604. The maximum absolute atomic E-state index is 12.1. The second kappa shape index (κ2) is 10.7. The van der Waals surface area contributed by atoms with Crippen molar-refractivity contribution in [1.29, 1.82) is 0 Å². The van der Waals surface area contributed by atoms with Crippen molar-refractivity contribution < 1.29 is 34.0 Å². The summed E-state index contributed by atoms with van der Waals surface area (Å²) in [5, 5.41) is 20.0. The first-order chi connectivity index (χ1) is 11.9.